The van der Waals surface area contributed by atoms with E-state index in [2.05, 4.69) is 10.6 Å². The van der Waals surface area contributed by atoms with Crippen molar-refractivity contribution in [2.45, 2.75) is 19.3 Å². The number of rotatable bonds is 4. The van der Waals surface area contributed by atoms with E-state index in [1.54, 1.807) is 6.07 Å². The average molecular weight is 243 g/mol. The van der Waals surface area contributed by atoms with Crippen molar-refractivity contribution < 1.29 is 9.59 Å². The van der Waals surface area contributed by atoms with Crippen molar-refractivity contribution in [3.63, 3.8) is 0 Å². The van der Waals surface area contributed by atoms with Crippen LogP contribution in [0.15, 0.2) is 18.2 Å². The monoisotopic (exact) mass is 243 g/mol. The van der Waals surface area contributed by atoms with Crippen molar-refractivity contribution in [3.05, 3.63) is 29.3 Å². The van der Waals surface area contributed by atoms with E-state index >= 15 is 0 Å². The molecule has 18 heavy (non-hydrogen) atoms. The van der Waals surface area contributed by atoms with Crippen molar-refractivity contribution >= 4 is 17.5 Å². The lowest BCUT2D eigenvalue weighted by Crippen LogP contribution is -2.24. The minimum Gasteiger partial charge on any atom is -0.355 e. The summed E-state index contributed by atoms with van der Waals surface area (Å²) in [6.45, 7) is 0.501. The van der Waals surface area contributed by atoms with Gasteiger partial charge in [0.2, 0.25) is 11.8 Å². The fourth-order valence-electron chi connectivity index (χ4n) is 1.92. The summed E-state index contributed by atoms with van der Waals surface area (Å²) in [5, 5.41) is 13.8. The molecule has 2 N–H and O–H groups in total. The van der Waals surface area contributed by atoms with Crippen LogP contribution in [-0.4, -0.2) is 18.4 Å². The highest BCUT2D eigenvalue weighted by Crippen LogP contribution is 2.23. The maximum absolute atomic E-state index is 11.2. The molecule has 0 fully saturated rings. The highest BCUT2D eigenvalue weighted by molar-refractivity contribution is 5.99. The Morgan fingerprint density at radius 1 is 1.50 bits per heavy atom. The molecule has 1 aliphatic heterocycles. The second kappa shape index (κ2) is 5.32. The molecule has 2 amide bonds. The summed E-state index contributed by atoms with van der Waals surface area (Å²) in [6, 6.07) is 7.59. The molecule has 2 rings (SSSR count). The van der Waals surface area contributed by atoms with E-state index in [9.17, 15) is 9.59 Å². The summed E-state index contributed by atoms with van der Waals surface area (Å²) in [6.07, 6.45) is 1.01. The molecule has 0 saturated heterocycles. The van der Waals surface area contributed by atoms with Crippen LogP contribution in [0.4, 0.5) is 5.69 Å². The first-order valence-corrected chi connectivity index (χ1v) is 5.74. The molecule has 0 atom stereocenters. The van der Waals surface area contributed by atoms with Crippen molar-refractivity contribution in [1.29, 1.82) is 5.26 Å². The number of benzene rings is 1. The molecule has 1 heterocycles. The summed E-state index contributed by atoms with van der Waals surface area (Å²) in [4.78, 5) is 22.3. The van der Waals surface area contributed by atoms with Gasteiger partial charge in [0.15, 0.2) is 0 Å². The Hall–Kier alpha value is -2.35. The van der Waals surface area contributed by atoms with E-state index in [0.717, 1.165) is 16.8 Å². The number of anilines is 1. The first-order valence-electron chi connectivity index (χ1n) is 5.74. The number of hydrogen-bond acceptors (Lipinski definition) is 3. The van der Waals surface area contributed by atoms with Crippen LogP contribution in [0.3, 0.4) is 0 Å². The minimum absolute atomic E-state index is 0.0180. The Morgan fingerprint density at radius 2 is 2.33 bits per heavy atom. The van der Waals surface area contributed by atoms with Crippen molar-refractivity contribution in [1.82, 2.24) is 5.32 Å². The quantitative estimate of drug-likeness (QED) is 0.818. The molecule has 0 aliphatic carbocycles. The second-order valence-electron chi connectivity index (χ2n) is 4.15. The number of nitrogens with one attached hydrogen (secondary N) is 2. The molecule has 0 aromatic heterocycles. The summed E-state index contributed by atoms with van der Waals surface area (Å²) in [7, 11) is 0. The van der Waals surface area contributed by atoms with Gasteiger partial charge in [-0.15, -0.1) is 0 Å². The fraction of sp³-hybridized carbons (Fsp3) is 0.308. The molecule has 0 saturated carbocycles. The molecule has 5 nitrogen and oxygen atoms in total. The lowest BCUT2D eigenvalue weighted by atomic mass is 10.1. The smallest absolute Gasteiger partial charge is 0.234 e. The van der Waals surface area contributed by atoms with Gasteiger partial charge in [-0.2, -0.15) is 5.26 Å². The van der Waals surface area contributed by atoms with Gasteiger partial charge in [0, 0.05) is 12.2 Å². The lowest BCUT2D eigenvalue weighted by molar-refractivity contribution is -0.120. The van der Waals surface area contributed by atoms with E-state index in [4.69, 9.17) is 5.26 Å². The Labute approximate surface area is 105 Å². The molecular formula is C13H13N3O2. The van der Waals surface area contributed by atoms with Gasteiger partial charge in [-0.25, -0.2) is 0 Å². The number of carbonyl (C=O) groups is 2. The Kier molecular flexibility index (Phi) is 3.58. The van der Waals surface area contributed by atoms with Crippen LogP contribution in [0.1, 0.15) is 17.5 Å². The van der Waals surface area contributed by atoms with Crippen LogP contribution in [0.5, 0.6) is 0 Å². The molecule has 0 spiro atoms. The molecule has 1 aromatic carbocycles. The van der Waals surface area contributed by atoms with Gasteiger partial charge in [-0.05, 0) is 23.6 Å². The third kappa shape index (κ3) is 2.86. The summed E-state index contributed by atoms with van der Waals surface area (Å²) in [5.74, 6) is -0.236. The number of hydrogen-bond donors (Lipinski definition) is 2. The number of fused-ring (bicyclic) bond motifs is 1. The summed E-state index contributed by atoms with van der Waals surface area (Å²) >= 11 is 0. The van der Waals surface area contributed by atoms with E-state index in [1.807, 2.05) is 18.2 Å². The fourth-order valence-corrected chi connectivity index (χ4v) is 1.92. The zero-order valence-corrected chi connectivity index (χ0v) is 9.82. The third-order valence-corrected chi connectivity index (χ3v) is 2.77. The number of nitrogens with zero attached hydrogens (tertiary/aromatic N) is 1. The van der Waals surface area contributed by atoms with Crippen LogP contribution >= 0.6 is 0 Å². The third-order valence-electron chi connectivity index (χ3n) is 2.77. The van der Waals surface area contributed by atoms with Gasteiger partial charge < -0.3 is 10.6 Å². The van der Waals surface area contributed by atoms with Gasteiger partial charge in [-0.1, -0.05) is 12.1 Å². The standard InChI is InChI=1S/C13H13N3O2/c14-5-3-12(17)15-6-4-9-1-2-11-10(7-9)8-13(18)16-11/h1-2,7H,3-4,6,8H2,(H,15,17)(H,16,18). The maximum Gasteiger partial charge on any atom is 0.234 e. The molecule has 0 radical (unpaired) electrons. The Morgan fingerprint density at radius 3 is 3.11 bits per heavy atom. The molecule has 1 aromatic rings. The largest absolute Gasteiger partial charge is 0.355 e. The van der Waals surface area contributed by atoms with Crippen LogP contribution < -0.4 is 10.6 Å². The number of amides is 2. The van der Waals surface area contributed by atoms with E-state index in [0.29, 0.717) is 19.4 Å². The van der Waals surface area contributed by atoms with Gasteiger partial charge in [0.25, 0.3) is 0 Å². The predicted molar refractivity (Wildman–Crippen MR) is 65.7 cm³/mol. The number of carbonyl (C=O) groups excluding carboxylic acids is 2. The van der Waals surface area contributed by atoms with Gasteiger partial charge >= 0.3 is 0 Å². The lowest BCUT2D eigenvalue weighted by Gasteiger charge is -2.05. The highest BCUT2D eigenvalue weighted by atomic mass is 16.2. The maximum atomic E-state index is 11.2. The molecule has 0 bridgehead atoms. The van der Waals surface area contributed by atoms with Crippen molar-refractivity contribution in [2.75, 3.05) is 11.9 Å². The zero-order valence-electron chi connectivity index (χ0n) is 9.82. The van der Waals surface area contributed by atoms with Crippen molar-refractivity contribution in [3.8, 4) is 6.07 Å². The molecule has 92 valence electrons. The first kappa shape index (κ1) is 12.1. The van der Waals surface area contributed by atoms with Crippen LogP contribution in [-0.2, 0) is 22.4 Å². The molecule has 0 unspecified atom stereocenters. The Balaban J connectivity index is 1.88. The van der Waals surface area contributed by atoms with Gasteiger partial charge in [0.1, 0.15) is 6.42 Å². The average Bonchev–Trinajstić information content (AvgIpc) is 2.69. The summed E-state index contributed by atoms with van der Waals surface area (Å²) < 4.78 is 0. The molecule has 1 aliphatic rings. The van der Waals surface area contributed by atoms with E-state index in [-0.39, 0.29) is 18.2 Å². The summed E-state index contributed by atoms with van der Waals surface area (Å²) in [5.41, 5.74) is 2.95. The van der Waals surface area contributed by atoms with Crippen LogP contribution in [0.25, 0.3) is 0 Å². The van der Waals surface area contributed by atoms with Crippen LogP contribution in [0, 0.1) is 11.3 Å². The Bertz CT molecular complexity index is 532. The van der Waals surface area contributed by atoms with Gasteiger partial charge in [0.05, 0.1) is 12.5 Å². The minimum atomic E-state index is -0.254. The topological polar surface area (TPSA) is 82.0 Å². The predicted octanol–water partition coefficient (Wildman–Crippen LogP) is 0.754. The zero-order chi connectivity index (χ0) is 13.0. The van der Waals surface area contributed by atoms with E-state index in [1.165, 1.54) is 0 Å². The van der Waals surface area contributed by atoms with Crippen molar-refractivity contribution in [2.24, 2.45) is 0 Å². The first-order chi connectivity index (χ1) is 8.69. The number of nitriles is 1. The SMILES string of the molecule is N#CCC(=O)NCCc1ccc2c(c1)CC(=O)N2. The molecule has 5 heteroatoms. The van der Waals surface area contributed by atoms with Crippen LogP contribution in [0.2, 0.25) is 0 Å². The second-order valence-corrected chi connectivity index (χ2v) is 4.15. The van der Waals surface area contributed by atoms with Gasteiger partial charge in [-0.3, -0.25) is 9.59 Å². The van der Waals surface area contributed by atoms with E-state index < -0.39 is 0 Å². The highest BCUT2D eigenvalue weighted by Gasteiger charge is 2.17. The molecular weight excluding hydrogens is 230 g/mol. The normalized spacial score (nSPS) is 12.5.